The van der Waals surface area contributed by atoms with E-state index in [1.165, 1.54) is 14.2 Å². The zero-order valence-corrected chi connectivity index (χ0v) is 10.3. The summed E-state index contributed by atoms with van der Waals surface area (Å²) >= 11 is 4.27. The monoisotopic (exact) mass is 242 g/mol. The number of thiol groups is 1. The second kappa shape index (κ2) is 5.65. The summed E-state index contributed by atoms with van der Waals surface area (Å²) in [6.45, 7) is 1.75. The molecule has 1 rings (SSSR count). The Labute approximate surface area is 99.9 Å². The number of hydrogen-bond donors (Lipinski definition) is 1. The summed E-state index contributed by atoms with van der Waals surface area (Å²) in [5.74, 6) is 0.609. The standard InChI is InChI=1S/C11H14O4S/c1-7-4-9(15-6-11(12)14-3)8(13-2)5-10(7)16/h4-5,16H,6H2,1-3H3. The van der Waals surface area contributed by atoms with Crippen LogP contribution in [-0.4, -0.2) is 26.8 Å². The third-order valence-electron chi connectivity index (χ3n) is 2.06. The Bertz CT molecular complexity index is 390. The summed E-state index contributed by atoms with van der Waals surface area (Å²) < 4.78 is 14.9. The number of hydrogen-bond acceptors (Lipinski definition) is 5. The Morgan fingerprint density at radius 1 is 1.31 bits per heavy atom. The summed E-state index contributed by atoms with van der Waals surface area (Å²) in [5, 5.41) is 0. The Balaban J connectivity index is 2.86. The van der Waals surface area contributed by atoms with Crippen LogP contribution in [0.5, 0.6) is 11.5 Å². The van der Waals surface area contributed by atoms with E-state index < -0.39 is 5.97 Å². The van der Waals surface area contributed by atoms with Gasteiger partial charge in [0.2, 0.25) is 0 Å². The first-order chi connectivity index (χ1) is 7.58. The minimum absolute atomic E-state index is 0.141. The number of carbonyl (C=O) groups is 1. The average Bonchev–Trinajstić information content (AvgIpc) is 2.29. The van der Waals surface area contributed by atoms with Crippen molar-refractivity contribution in [1.82, 2.24) is 0 Å². The molecular formula is C11H14O4S. The quantitative estimate of drug-likeness (QED) is 0.646. The molecule has 1 aromatic carbocycles. The van der Waals surface area contributed by atoms with E-state index in [4.69, 9.17) is 9.47 Å². The summed E-state index contributed by atoms with van der Waals surface area (Å²) in [4.78, 5) is 11.7. The molecular weight excluding hydrogens is 228 g/mol. The first kappa shape index (κ1) is 12.7. The van der Waals surface area contributed by atoms with Crippen molar-refractivity contribution in [2.75, 3.05) is 20.8 Å². The molecule has 1 aromatic rings. The van der Waals surface area contributed by atoms with Crippen LogP contribution in [0.3, 0.4) is 0 Å². The van der Waals surface area contributed by atoms with Crippen LogP contribution in [0.2, 0.25) is 0 Å². The van der Waals surface area contributed by atoms with Gasteiger partial charge in [-0.25, -0.2) is 4.79 Å². The molecule has 0 aliphatic heterocycles. The number of carbonyl (C=O) groups excluding carboxylic acids is 1. The molecule has 0 aromatic heterocycles. The molecule has 5 heteroatoms. The minimum Gasteiger partial charge on any atom is -0.493 e. The molecule has 0 fully saturated rings. The molecule has 0 saturated heterocycles. The zero-order chi connectivity index (χ0) is 12.1. The lowest BCUT2D eigenvalue weighted by molar-refractivity contribution is -0.142. The highest BCUT2D eigenvalue weighted by Crippen LogP contribution is 2.31. The van der Waals surface area contributed by atoms with Crippen LogP contribution >= 0.6 is 12.6 Å². The van der Waals surface area contributed by atoms with Gasteiger partial charge in [0, 0.05) is 4.90 Å². The lowest BCUT2D eigenvalue weighted by Crippen LogP contribution is -2.13. The van der Waals surface area contributed by atoms with Crippen molar-refractivity contribution in [2.24, 2.45) is 0 Å². The van der Waals surface area contributed by atoms with Crippen LogP contribution in [-0.2, 0) is 9.53 Å². The van der Waals surface area contributed by atoms with Crippen LogP contribution in [0.25, 0.3) is 0 Å². The third kappa shape index (κ3) is 3.06. The van der Waals surface area contributed by atoms with E-state index in [0.29, 0.717) is 11.5 Å². The van der Waals surface area contributed by atoms with Crippen LogP contribution in [0.15, 0.2) is 17.0 Å². The van der Waals surface area contributed by atoms with Crippen LogP contribution in [0.1, 0.15) is 5.56 Å². The minimum atomic E-state index is -0.436. The van der Waals surface area contributed by atoms with Crippen molar-refractivity contribution in [2.45, 2.75) is 11.8 Å². The fourth-order valence-corrected chi connectivity index (χ4v) is 1.30. The molecule has 0 bridgehead atoms. The van der Waals surface area contributed by atoms with E-state index in [1.807, 2.05) is 6.92 Å². The molecule has 0 spiro atoms. The van der Waals surface area contributed by atoms with Gasteiger partial charge < -0.3 is 14.2 Å². The molecule has 0 saturated carbocycles. The molecule has 0 amide bonds. The van der Waals surface area contributed by atoms with E-state index in [9.17, 15) is 4.79 Å². The maximum atomic E-state index is 10.9. The van der Waals surface area contributed by atoms with Gasteiger partial charge in [-0.05, 0) is 24.6 Å². The van der Waals surface area contributed by atoms with E-state index >= 15 is 0 Å². The number of rotatable bonds is 4. The van der Waals surface area contributed by atoms with E-state index in [-0.39, 0.29) is 6.61 Å². The van der Waals surface area contributed by atoms with Crippen molar-refractivity contribution in [3.05, 3.63) is 17.7 Å². The lowest BCUT2D eigenvalue weighted by Gasteiger charge is -2.11. The van der Waals surface area contributed by atoms with Crippen molar-refractivity contribution in [3.8, 4) is 11.5 Å². The molecule has 0 aliphatic rings. The highest BCUT2D eigenvalue weighted by atomic mass is 32.1. The topological polar surface area (TPSA) is 44.8 Å². The number of esters is 1. The van der Waals surface area contributed by atoms with E-state index in [0.717, 1.165) is 10.5 Å². The number of ether oxygens (including phenoxy) is 3. The van der Waals surface area contributed by atoms with Crippen molar-refractivity contribution >= 4 is 18.6 Å². The fraction of sp³-hybridized carbons (Fsp3) is 0.364. The number of methoxy groups -OCH3 is 2. The van der Waals surface area contributed by atoms with Gasteiger partial charge in [0.05, 0.1) is 14.2 Å². The Kier molecular flexibility index (Phi) is 4.49. The van der Waals surface area contributed by atoms with Gasteiger partial charge >= 0.3 is 5.97 Å². The summed E-state index contributed by atoms with van der Waals surface area (Å²) in [6.07, 6.45) is 0. The van der Waals surface area contributed by atoms with Crippen molar-refractivity contribution in [1.29, 1.82) is 0 Å². The molecule has 88 valence electrons. The van der Waals surface area contributed by atoms with Gasteiger partial charge in [-0.15, -0.1) is 12.6 Å². The molecule has 16 heavy (non-hydrogen) atoms. The third-order valence-corrected chi connectivity index (χ3v) is 2.54. The second-order valence-corrected chi connectivity index (χ2v) is 3.64. The van der Waals surface area contributed by atoms with Gasteiger partial charge in [-0.1, -0.05) is 0 Å². The first-order valence-corrected chi connectivity index (χ1v) is 5.10. The summed E-state index contributed by atoms with van der Waals surface area (Å²) in [6, 6.07) is 3.51. The highest BCUT2D eigenvalue weighted by Gasteiger charge is 2.09. The second-order valence-electron chi connectivity index (χ2n) is 3.15. The van der Waals surface area contributed by atoms with Gasteiger partial charge in [0.15, 0.2) is 18.1 Å². The predicted octanol–water partition coefficient (Wildman–Crippen LogP) is 1.84. The summed E-state index contributed by atoms with van der Waals surface area (Å²) in [7, 11) is 2.84. The maximum absolute atomic E-state index is 10.9. The van der Waals surface area contributed by atoms with E-state index in [1.54, 1.807) is 12.1 Å². The molecule has 0 atom stereocenters. The molecule has 4 nitrogen and oxygen atoms in total. The average molecular weight is 242 g/mol. The fourth-order valence-electron chi connectivity index (χ4n) is 1.12. The van der Waals surface area contributed by atoms with Crippen molar-refractivity contribution < 1.29 is 19.0 Å². The van der Waals surface area contributed by atoms with Crippen LogP contribution < -0.4 is 9.47 Å². The van der Waals surface area contributed by atoms with Gasteiger partial charge in [-0.3, -0.25) is 0 Å². The molecule has 0 N–H and O–H groups in total. The Morgan fingerprint density at radius 2 is 2.00 bits per heavy atom. The largest absolute Gasteiger partial charge is 0.493 e. The van der Waals surface area contributed by atoms with Gasteiger partial charge in [-0.2, -0.15) is 0 Å². The Hall–Kier alpha value is -1.36. The molecule has 0 aliphatic carbocycles. The van der Waals surface area contributed by atoms with E-state index in [2.05, 4.69) is 17.4 Å². The molecule has 0 heterocycles. The molecule has 0 radical (unpaired) electrons. The van der Waals surface area contributed by atoms with Crippen LogP contribution in [0, 0.1) is 6.92 Å². The SMILES string of the molecule is COC(=O)COc1cc(C)c(S)cc1OC. The molecule has 0 unspecified atom stereocenters. The van der Waals surface area contributed by atoms with Crippen molar-refractivity contribution in [3.63, 3.8) is 0 Å². The smallest absolute Gasteiger partial charge is 0.343 e. The van der Waals surface area contributed by atoms with Gasteiger partial charge in [0.1, 0.15) is 0 Å². The number of benzene rings is 1. The van der Waals surface area contributed by atoms with Crippen LogP contribution in [0.4, 0.5) is 0 Å². The lowest BCUT2D eigenvalue weighted by atomic mass is 10.2. The number of aryl methyl sites for hydroxylation is 1. The zero-order valence-electron chi connectivity index (χ0n) is 9.44. The predicted molar refractivity (Wildman–Crippen MR) is 62.5 cm³/mol. The normalized spacial score (nSPS) is 9.75. The summed E-state index contributed by atoms with van der Waals surface area (Å²) in [5.41, 5.74) is 0.948. The first-order valence-electron chi connectivity index (χ1n) is 4.65. The Morgan fingerprint density at radius 3 is 2.56 bits per heavy atom. The highest BCUT2D eigenvalue weighted by molar-refractivity contribution is 7.80. The maximum Gasteiger partial charge on any atom is 0.343 e. The van der Waals surface area contributed by atoms with Gasteiger partial charge in [0.25, 0.3) is 0 Å².